The molecule has 0 bridgehead atoms. The van der Waals surface area contributed by atoms with Gasteiger partial charge >= 0.3 is 5.97 Å². The van der Waals surface area contributed by atoms with Crippen molar-refractivity contribution in [1.82, 2.24) is 5.32 Å². The Hall–Kier alpha value is -1.75. The average molecular weight is 368 g/mol. The summed E-state index contributed by atoms with van der Waals surface area (Å²) in [5.41, 5.74) is 0.944. The van der Waals surface area contributed by atoms with E-state index in [-0.39, 0.29) is 5.91 Å². The number of carboxylic acid groups (broad SMARTS) is 1. The average Bonchev–Trinajstić information content (AvgIpc) is 2.61. The van der Waals surface area contributed by atoms with Gasteiger partial charge in [-0.1, -0.05) is 31.4 Å². The van der Waals surface area contributed by atoms with Gasteiger partial charge in [-0.15, -0.1) is 0 Å². The predicted molar refractivity (Wildman–Crippen MR) is 97.0 cm³/mol. The van der Waals surface area contributed by atoms with Crippen LogP contribution < -0.4 is 10.1 Å². The number of hydrogen-bond donors (Lipinski definition) is 2. The van der Waals surface area contributed by atoms with E-state index in [2.05, 4.69) is 5.32 Å². The number of carbonyl (C=O) groups excluding carboxylic acids is 1. The molecule has 1 aliphatic carbocycles. The number of amides is 1. The molecule has 1 aromatic rings. The van der Waals surface area contributed by atoms with E-state index >= 15 is 0 Å². The minimum absolute atomic E-state index is 0.162. The maximum atomic E-state index is 12.4. The summed E-state index contributed by atoms with van der Waals surface area (Å²) in [6.07, 6.45) is 4.51. The number of aliphatic carboxylic acids is 1. The Labute approximate surface area is 153 Å². The molecule has 1 amide bonds. The first-order chi connectivity index (χ1) is 12.0. The number of rotatable bonds is 8. The SMILES string of the molecule is CCCOc1ccc(Cl)cc1CCNC(=O)C1CCCCC1C(=O)O. The van der Waals surface area contributed by atoms with Crippen molar-refractivity contribution in [1.29, 1.82) is 0 Å². The molecule has 2 atom stereocenters. The lowest BCUT2D eigenvalue weighted by Crippen LogP contribution is -2.40. The van der Waals surface area contributed by atoms with E-state index in [9.17, 15) is 14.7 Å². The molecule has 2 rings (SSSR count). The summed E-state index contributed by atoms with van der Waals surface area (Å²) >= 11 is 6.06. The quantitative estimate of drug-likeness (QED) is 0.734. The zero-order chi connectivity index (χ0) is 18.2. The van der Waals surface area contributed by atoms with Gasteiger partial charge in [0.15, 0.2) is 0 Å². The first kappa shape index (κ1) is 19.6. The molecule has 25 heavy (non-hydrogen) atoms. The highest BCUT2D eigenvalue weighted by atomic mass is 35.5. The maximum absolute atomic E-state index is 12.4. The maximum Gasteiger partial charge on any atom is 0.307 e. The summed E-state index contributed by atoms with van der Waals surface area (Å²) < 4.78 is 5.71. The Morgan fingerprint density at radius 2 is 2.00 bits per heavy atom. The number of benzene rings is 1. The molecular formula is C19H26ClNO4. The number of carbonyl (C=O) groups is 2. The van der Waals surface area contributed by atoms with Crippen LogP contribution >= 0.6 is 11.6 Å². The van der Waals surface area contributed by atoms with Crippen molar-refractivity contribution in [3.63, 3.8) is 0 Å². The third kappa shape index (κ3) is 5.63. The van der Waals surface area contributed by atoms with Crippen LogP contribution in [0.3, 0.4) is 0 Å². The molecule has 2 N–H and O–H groups in total. The van der Waals surface area contributed by atoms with Crippen molar-refractivity contribution in [3.8, 4) is 5.75 Å². The summed E-state index contributed by atoms with van der Waals surface area (Å²) in [7, 11) is 0. The van der Waals surface area contributed by atoms with Crippen LogP contribution in [0, 0.1) is 11.8 Å². The van der Waals surface area contributed by atoms with Crippen molar-refractivity contribution in [2.24, 2.45) is 11.8 Å². The normalized spacial score (nSPS) is 20.1. The summed E-state index contributed by atoms with van der Waals surface area (Å²) in [6, 6.07) is 5.48. The molecule has 0 saturated heterocycles. The Balaban J connectivity index is 1.92. The van der Waals surface area contributed by atoms with Gasteiger partial charge < -0.3 is 15.2 Å². The molecule has 0 radical (unpaired) electrons. The van der Waals surface area contributed by atoms with E-state index in [0.717, 1.165) is 30.6 Å². The van der Waals surface area contributed by atoms with Gasteiger partial charge in [-0.25, -0.2) is 0 Å². The molecule has 1 aliphatic rings. The third-order valence-corrected chi connectivity index (χ3v) is 4.83. The standard InChI is InChI=1S/C19H26ClNO4/c1-2-11-25-17-8-7-14(20)12-13(17)9-10-21-18(22)15-5-3-4-6-16(15)19(23)24/h7-8,12,15-16H,2-6,9-11H2,1H3,(H,21,22)(H,23,24). The van der Waals surface area contributed by atoms with E-state index in [1.165, 1.54) is 0 Å². The summed E-state index contributed by atoms with van der Waals surface area (Å²) in [5, 5.41) is 12.8. The molecule has 2 unspecified atom stereocenters. The lowest BCUT2D eigenvalue weighted by molar-refractivity contribution is -0.148. The Kier molecular flexibility index (Phi) is 7.56. The molecule has 0 aliphatic heterocycles. The van der Waals surface area contributed by atoms with Gasteiger partial charge in [-0.05, 0) is 49.4 Å². The van der Waals surface area contributed by atoms with E-state index in [4.69, 9.17) is 16.3 Å². The Morgan fingerprint density at radius 1 is 1.28 bits per heavy atom. The monoisotopic (exact) mass is 367 g/mol. The van der Waals surface area contributed by atoms with Crippen LogP contribution in [0.1, 0.15) is 44.6 Å². The van der Waals surface area contributed by atoms with Gasteiger partial charge in [0.05, 0.1) is 18.4 Å². The minimum atomic E-state index is -0.870. The Bertz CT molecular complexity index is 605. The molecule has 1 saturated carbocycles. The molecule has 1 fully saturated rings. The van der Waals surface area contributed by atoms with Gasteiger partial charge in [0.1, 0.15) is 5.75 Å². The van der Waals surface area contributed by atoms with Crippen molar-refractivity contribution in [2.75, 3.05) is 13.2 Å². The molecule has 6 heteroatoms. The predicted octanol–water partition coefficient (Wildman–Crippen LogP) is 3.68. The molecular weight excluding hydrogens is 342 g/mol. The highest BCUT2D eigenvalue weighted by molar-refractivity contribution is 6.30. The van der Waals surface area contributed by atoms with Crippen molar-refractivity contribution in [3.05, 3.63) is 28.8 Å². The molecule has 0 spiro atoms. The van der Waals surface area contributed by atoms with E-state index in [1.54, 1.807) is 6.07 Å². The van der Waals surface area contributed by atoms with Crippen LogP contribution in [-0.4, -0.2) is 30.1 Å². The van der Waals surface area contributed by atoms with Crippen LogP contribution in [0.25, 0.3) is 0 Å². The van der Waals surface area contributed by atoms with Gasteiger partial charge in [0.2, 0.25) is 5.91 Å². The number of hydrogen-bond acceptors (Lipinski definition) is 3. The van der Waals surface area contributed by atoms with Crippen molar-refractivity contribution < 1.29 is 19.4 Å². The van der Waals surface area contributed by atoms with Crippen LogP contribution in [-0.2, 0) is 16.0 Å². The number of ether oxygens (including phenoxy) is 1. The fourth-order valence-electron chi connectivity index (χ4n) is 3.29. The van der Waals surface area contributed by atoms with E-state index in [1.807, 2.05) is 19.1 Å². The second kappa shape index (κ2) is 9.66. The minimum Gasteiger partial charge on any atom is -0.493 e. The second-order valence-electron chi connectivity index (χ2n) is 6.48. The topological polar surface area (TPSA) is 75.6 Å². The number of carboxylic acids is 1. The van der Waals surface area contributed by atoms with Gasteiger partial charge in [-0.3, -0.25) is 9.59 Å². The van der Waals surface area contributed by atoms with Crippen LogP contribution in [0.5, 0.6) is 5.75 Å². The molecule has 138 valence electrons. The van der Waals surface area contributed by atoms with E-state index < -0.39 is 17.8 Å². The first-order valence-corrected chi connectivity index (χ1v) is 9.32. The zero-order valence-corrected chi connectivity index (χ0v) is 15.3. The largest absolute Gasteiger partial charge is 0.493 e. The fraction of sp³-hybridized carbons (Fsp3) is 0.579. The second-order valence-corrected chi connectivity index (χ2v) is 6.91. The molecule has 0 aromatic heterocycles. The highest BCUT2D eigenvalue weighted by Gasteiger charge is 2.35. The van der Waals surface area contributed by atoms with Gasteiger partial charge in [0.25, 0.3) is 0 Å². The first-order valence-electron chi connectivity index (χ1n) is 8.94. The summed E-state index contributed by atoms with van der Waals surface area (Å²) in [6.45, 7) is 3.10. The van der Waals surface area contributed by atoms with Crippen molar-refractivity contribution in [2.45, 2.75) is 45.4 Å². The summed E-state index contributed by atoms with van der Waals surface area (Å²) in [5.74, 6) is -1.25. The van der Waals surface area contributed by atoms with Crippen LogP contribution in [0.15, 0.2) is 18.2 Å². The van der Waals surface area contributed by atoms with E-state index in [0.29, 0.717) is 37.4 Å². The smallest absolute Gasteiger partial charge is 0.307 e. The van der Waals surface area contributed by atoms with Gasteiger partial charge in [-0.2, -0.15) is 0 Å². The number of nitrogens with one attached hydrogen (secondary N) is 1. The lowest BCUT2D eigenvalue weighted by atomic mass is 9.78. The number of halogens is 1. The Morgan fingerprint density at radius 3 is 2.68 bits per heavy atom. The van der Waals surface area contributed by atoms with Gasteiger partial charge in [0, 0.05) is 11.6 Å². The fourth-order valence-corrected chi connectivity index (χ4v) is 3.48. The lowest BCUT2D eigenvalue weighted by Gasteiger charge is -2.27. The van der Waals surface area contributed by atoms with Crippen LogP contribution in [0.2, 0.25) is 5.02 Å². The highest BCUT2D eigenvalue weighted by Crippen LogP contribution is 2.30. The molecule has 0 heterocycles. The summed E-state index contributed by atoms with van der Waals surface area (Å²) in [4.78, 5) is 23.7. The molecule has 1 aromatic carbocycles. The molecule has 5 nitrogen and oxygen atoms in total. The third-order valence-electron chi connectivity index (χ3n) is 4.60. The van der Waals surface area contributed by atoms with Crippen LogP contribution in [0.4, 0.5) is 0 Å². The zero-order valence-electron chi connectivity index (χ0n) is 14.6. The van der Waals surface area contributed by atoms with Crippen molar-refractivity contribution >= 4 is 23.5 Å².